The highest BCUT2D eigenvalue weighted by atomic mass is 31.2. The van der Waals surface area contributed by atoms with E-state index in [4.69, 9.17) is 9.05 Å². The molecule has 57 heavy (non-hydrogen) atoms. The van der Waals surface area contributed by atoms with E-state index in [1.54, 1.807) is 0 Å². The first kappa shape index (κ1) is 54.1. The summed E-state index contributed by atoms with van der Waals surface area (Å²) in [5.74, 6) is -0.569. The number of phosphoric ester groups is 1. The zero-order chi connectivity index (χ0) is 42.3. The molecule has 8 unspecified atom stereocenters. The Morgan fingerprint density at radius 3 is 1.46 bits per heavy atom. The molecule has 1 aliphatic rings. The molecular formula is C43H84NO12P. The minimum atomic E-state index is -5.11. The molecule has 0 spiro atoms. The van der Waals surface area contributed by atoms with Gasteiger partial charge in [0.05, 0.1) is 31.3 Å². The number of rotatable bonds is 37. The largest absolute Gasteiger partial charge is 0.472 e. The summed E-state index contributed by atoms with van der Waals surface area (Å²) in [5.41, 5.74) is 0. The van der Waals surface area contributed by atoms with Crippen molar-refractivity contribution in [3.05, 3.63) is 12.2 Å². The summed E-state index contributed by atoms with van der Waals surface area (Å²) < 4.78 is 22.9. The Hall–Kier alpha value is -0.960. The number of amides is 1. The van der Waals surface area contributed by atoms with Crippen molar-refractivity contribution in [2.75, 3.05) is 6.61 Å². The Labute approximate surface area is 344 Å². The van der Waals surface area contributed by atoms with Crippen LogP contribution in [0.3, 0.4) is 0 Å². The van der Waals surface area contributed by atoms with Crippen molar-refractivity contribution in [2.45, 2.75) is 249 Å². The highest BCUT2D eigenvalue weighted by Gasteiger charge is 2.51. The second-order valence-corrected chi connectivity index (χ2v) is 17.8. The first-order valence-corrected chi connectivity index (χ1v) is 24.2. The molecule has 1 amide bonds. The van der Waals surface area contributed by atoms with Crippen molar-refractivity contribution in [2.24, 2.45) is 0 Å². The molecule has 338 valence electrons. The third kappa shape index (κ3) is 26.1. The summed E-state index contributed by atoms with van der Waals surface area (Å²) >= 11 is 0. The van der Waals surface area contributed by atoms with E-state index in [1.807, 2.05) is 0 Å². The van der Waals surface area contributed by atoms with E-state index in [9.17, 15) is 50.0 Å². The van der Waals surface area contributed by atoms with Crippen LogP contribution in [-0.2, 0) is 18.4 Å². The van der Waals surface area contributed by atoms with Crippen LogP contribution in [0.15, 0.2) is 12.2 Å². The third-order valence-electron chi connectivity index (χ3n) is 11.1. The van der Waals surface area contributed by atoms with Gasteiger partial charge in [0.15, 0.2) is 0 Å². The minimum Gasteiger partial charge on any atom is -0.393 e. The van der Waals surface area contributed by atoms with E-state index in [2.05, 4.69) is 31.3 Å². The van der Waals surface area contributed by atoms with Gasteiger partial charge in [-0.1, -0.05) is 161 Å². The van der Waals surface area contributed by atoms with E-state index in [1.165, 1.54) is 96.3 Å². The first-order valence-electron chi connectivity index (χ1n) is 22.7. The molecule has 0 heterocycles. The van der Waals surface area contributed by atoms with Crippen LogP contribution in [0.2, 0.25) is 0 Å². The lowest BCUT2D eigenvalue weighted by atomic mass is 9.85. The second-order valence-electron chi connectivity index (χ2n) is 16.4. The molecule has 1 aliphatic carbocycles. The van der Waals surface area contributed by atoms with E-state index in [0.717, 1.165) is 57.8 Å². The molecule has 1 rings (SSSR count). The van der Waals surface area contributed by atoms with Crippen LogP contribution in [0, 0.1) is 0 Å². The van der Waals surface area contributed by atoms with Crippen molar-refractivity contribution in [1.82, 2.24) is 5.32 Å². The normalized spacial score (nSPS) is 24.0. The lowest BCUT2D eigenvalue weighted by Gasteiger charge is -2.41. The van der Waals surface area contributed by atoms with Crippen molar-refractivity contribution >= 4 is 13.7 Å². The quantitative estimate of drug-likeness (QED) is 0.0175. The molecule has 0 radical (unpaired) electrons. The van der Waals surface area contributed by atoms with Gasteiger partial charge in [-0.05, 0) is 38.5 Å². The van der Waals surface area contributed by atoms with E-state index < -0.39 is 75.2 Å². The number of phosphoric acid groups is 1. The Bertz CT molecular complexity index is 1040. The molecular weight excluding hydrogens is 753 g/mol. The van der Waals surface area contributed by atoms with Crippen LogP contribution in [0.4, 0.5) is 0 Å². The molecule has 0 aromatic heterocycles. The van der Waals surface area contributed by atoms with Gasteiger partial charge >= 0.3 is 7.82 Å². The highest BCUT2D eigenvalue weighted by molar-refractivity contribution is 7.47. The highest BCUT2D eigenvalue weighted by Crippen LogP contribution is 2.47. The number of carbonyl (C=O) groups excluding carboxylic acids is 1. The van der Waals surface area contributed by atoms with Gasteiger partial charge in [-0.2, -0.15) is 0 Å². The third-order valence-corrected chi connectivity index (χ3v) is 12.1. The van der Waals surface area contributed by atoms with Crippen LogP contribution in [0.1, 0.15) is 194 Å². The summed E-state index contributed by atoms with van der Waals surface area (Å²) in [7, 11) is -5.11. The molecule has 0 aliphatic heterocycles. The maximum Gasteiger partial charge on any atom is 0.472 e. The molecule has 0 aromatic carbocycles. The fraction of sp³-hybridized carbons (Fsp3) is 0.930. The van der Waals surface area contributed by atoms with Gasteiger partial charge in [0, 0.05) is 0 Å². The molecule has 0 saturated heterocycles. The van der Waals surface area contributed by atoms with E-state index in [0.29, 0.717) is 12.8 Å². The van der Waals surface area contributed by atoms with Gasteiger partial charge in [-0.25, -0.2) is 4.57 Å². The Kier molecular flexibility index (Phi) is 32.0. The smallest absolute Gasteiger partial charge is 0.393 e. The summed E-state index contributed by atoms with van der Waals surface area (Å²) in [6, 6.07) is -1.15. The van der Waals surface area contributed by atoms with Gasteiger partial charge < -0.3 is 46.0 Å². The lowest BCUT2D eigenvalue weighted by Crippen LogP contribution is -2.64. The monoisotopic (exact) mass is 838 g/mol. The number of allylic oxidation sites excluding steroid dienone is 2. The standard InChI is InChI=1S/C43H84NO12P/c1-3-5-7-9-11-13-15-16-17-18-19-21-22-24-26-28-30-34(45)32-37(47)44-35(36(46)31-29-27-25-23-20-14-12-10-8-6-4-2)33-55-57(53,54)56-43-41(51)39(49)38(48)40(50)42(43)52/h19,21,34-36,38-43,45-46,48-52H,3-18,20,22-33H2,1-2H3,(H,44,47)(H,53,54)/b21-19-. The fourth-order valence-corrected chi connectivity index (χ4v) is 8.32. The van der Waals surface area contributed by atoms with Crippen LogP contribution < -0.4 is 5.32 Å². The fourth-order valence-electron chi connectivity index (χ4n) is 7.36. The van der Waals surface area contributed by atoms with Crippen LogP contribution >= 0.6 is 7.82 Å². The number of hydrogen-bond donors (Lipinski definition) is 9. The SMILES string of the molecule is CCCCCCCCCCC/C=C\CCCCCC(O)CC(=O)NC(COP(=O)(O)OC1C(O)C(O)C(O)C(O)C1O)C(O)CCCCCCCCCCCCC. The number of hydrogen-bond acceptors (Lipinski definition) is 11. The maximum absolute atomic E-state index is 13.0. The van der Waals surface area contributed by atoms with E-state index >= 15 is 0 Å². The topological polar surface area (TPSA) is 226 Å². The van der Waals surface area contributed by atoms with Gasteiger partial charge in [0.2, 0.25) is 5.91 Å². The summed E-state index contributed by atoms with van der Waals surface area (Å²) in [4.78, 5) is 23.4. The van der Waals surface area contributed by atoms with Gasteiger partial charge in [-0.15, -0.1) is 0 Å². The minimum absolute atomic E-state index is 0.230. The van der Waals surface area contributed by atoms with Gasteiger partial charge in [0.1, 0.15) is 36.6 Å². The van der Waals surface area contributed by atoms with Crippen LogP contribution in [-0.4, -0.2) is 108 Å². The van der Waals surface area contributed by atoms with Crippen LogP contribution in [0.25, 0.3) is 0 Å². The number of aliphatic hydroxyl groups excluding tert-OH is 7. The predicted octanol–water partition coefficient (Wildman–Crippen LogP) is 7.03. The zero-order valence-corrected chi connectivity index (χ0v) is 36.4. The van der Waals surface area contributed by atoms with Crippen molar-refractivity contribution in [1.29, 1.82) is 0 Å². The molecule has 0 bridgehead atoms. The zero-order valence-electron chi connectivity index (χ0n) is 35.5. The molecule has 1 fully saturated rings. The van der Waals surface area contributed by atoms with Gasteiger partial charge in [-0.3, -0.25) is 13.8 Å². The average molecular weight is 838 g/mol. The molecule has 1 saturated carbocycles. The number of nitrogens with one attached hydrogen (secondary N) is 1. The van der Waals surface area contributed by atoms with Crippen molar-refractivity contribution in [3.63, 3.8) is 0 Å². The number of carbonyl (C=O) groups is 1. The molecule has 13 nitrogen and oxygen atoms in total. The van der Waals surface area contributed by atoms with Crippen molar-refractivity contribution in [3.8, 4) is 0 Å². The Morgan fingerprint density at radius 1 is 0.596 bits per heavy atom. The van der Waals surface area contributed by atoms with E-state index in [-0.39, 0.29) is 12.8 Å². The second kappa shape index (κ2) is 33.7. The Morgan fingerprint density at radius 2 is 0.982 bits per heavy atom. The molecule has 8 atom stereocenters. The maximum atomic E-state index is 13.0. The summed E-state index contributed by atoms with van der Waals surface area (Å²) in [6.45, 7) is 3.76. The van der Waals surface area contributed by atoms with Crippen molar-refractivity contribution < 1.29 is 59.0 Å². The molecule has 14 heteroatoms. The Balaban J connectivity index is 2.52. The lowest BCUT2D eigenvalue weighted by molar-refractivity contribution is -0.220. The predicted molar refractivity (Wildman–Crippen MR) is 224 cm³/mol. The number of aliphatic hydroxyl groups is 7. The van der Waals surface area contributed by atoms with Gasteiger partial charge in [0.25, 0.3) is 0 Å². The summed E-state index contributed by atoms with van der Waals surface area (Å²) in [5, 5.41) is 74.4. The average Bonchev–Trinajstić information content (AvgIpc) is 3.18. The number of unbranched alkanes of at least 4 members (excludes halogenated alkanes) is 22. The van der Waals surface area contributed by atoms with Crippen LogP contribution in [0.5, 0.6) is 0 Å². The first-order chi connectivity index (χ1) is 27.3. The molecule has 9 N–H and O–H groups in total. The summed E-state index contributed by atoms with van der Waals surface area (Å²) in [6.07, 6.45) is 19.9. The molecule has 0 aromatic rings.